The van der Waals surface area contributed by atoms with Crippen molar-refractivity contribution in [2.75, 3.05) is 11.9 Å². The summed E-state index contributed by atoms with van der Waals surface area (Å²) in [6.07, 6.45) is 1.77. The van der Waals surface area contributed by atoms with Crippen LogP contribution in [-0.2, 0) is 12.4 Å². The molecule has 90 valence electrons. The number of rotatable bonds is 4. The number of alkyl halides is 1. The summed E-state index contributed by atoms with van der Waals surface area (Å²) < 4.78 is 5.55. The lowest BCUT2D eigenvalue weighted by atomic mass is 10.3. The van der Waals surface area contributed by atoms with E-state index in [1.165, 1.54) is 0 Å². The Morgan fingerprint density at radius 3 is 2.82 bits per heavy atom. The molecule has 2 aromatic rings. The molecule has 0 aliphatic carbocycles. The first-order valence-electron chi connectivity index (χ1n) is 5.46. The molecule has 0 radical (unpaired) electrons. The topological polar surface area (TPSA) is 29.3 Å². The summed E-state index contributed by atoms with van der Waals surface area (Å²) in [6.45, 7) is 2.68. The molecule has 2 rings (SSSR count). The van der Waals surface area contributed by atoms with Gasteiger partial charge in [0.25, 0.3) is 0 Å². The summed E-state index contributed by atoms with van der Waals surface area (Å²) >= 11 is 5.77. The fraction of sp³-hybridized carbons (Fsp3) is 0.308. The second-order valence-corrected chi connectivity index (χ2v) is 4.27. The number of hydrogen-bond donors (Lipinski definition) is 0. The van der Waals surface area contributed by atoms with E-state index < -0.39 is 0 Å². The smallest absolute Gasteiger partial charge is 0.123 e. The number of aromatic nitrogens is 1. The summed E-state index contributed by atoms with van der Waals surface area (Å²) in [4.78, 5) is 6.28. The van der Waals surface area contributed by atoms with Gasteiger partial charge in [0.05, 0.1) is 18.1 Å². The average Bonchev–Trinajstić information content (AvgIpc) is 2.75. The van der Waals surface area contributed by atoms with Crippen molar-refractivity contribution in [1.82, 2.24) is 4.98 Å². The van der Waals surface area contributed by atoms with Gasteiger partial charge in [0.15, 0.2) is 0 Å². The Kier molecular flexibility index (Phi) is 3.69. The maximum Gasteiger partial charge on any atom is 0.123 e. The van der Waals surface area contributed by atoms with Gasteiger partial charge in [0.1, 0.15) is 11.5 Å². The van der Waals surface area contributed by atoms with Crippen LogP contribution in [0, 0.1) is 6.92 Å². The molecule has 2 heterocycles. The second kappa shape index (κ2) is 5.23. The van der Waals surface area contributed by atoms with E-state index in [1.54, 1.807) is 6.20 Å². The van der Waals surface area contributed by atoms with Crippen LogP contribution in [0.2, 0.25) is 0 Å². The Labute approximate surface area is 106 Å². The van der Waals surface area contributed by atoms with Crippen molar-refractivity contribution in [2.45, 2.75) is 19.3 Å². The van der Waals surface area contributed by atoms with E-state index in [1.807, 2.05) is 38.2 Å². The molecule has 0 bridgehead atoms. The molecule has 0 saturated heterocycles. The number of halogens is 1. The minimum Gasteiger partial charge on any atom is -0.464 e. The van der Waals surface area contributed by atoms with Gasteiger partial charge in [-0.2, -0.15) is 0 Å². The minimum atomic E-state index is 0.432. The zero-order valence-corrected chi connectivity index (χ0v) is 10.7. The summed E-state index contributed by atoms with van der Waals surface area (Å²) in [5.41, 5.74) is 1.97. The third-order valence-corrected chi connectivity index (χ3v) is 2.84. The van der Waals surface area contributed by atoms with Crippen LogP contribution in [0.3, 0.4) is 0 Å². The maximum absolute atomic E-state index is 5.77. The lowest BCUT2D eigenvalue weighted by Crippen LogP contribution is -2.16. The number of hydrogen-bond acceptors (Lipinski definition) is 3. The van der Waals surface area contributed by atoms with Gasteiger partial charge >= 0.3 is 0 Å². The fourth-order valence-electron chi connectivity index (χ4n) is 1.67. The maximum atomic E-state index is 5.77. The first kappa shape index (κ1) is 12.0. The largest absolute Gasteiger partial charge is 0.464 e. The molecule has 3 nitrogen and oxygen atoms in total. The number of anilines is 1. The Morgan fingerprint density at radius 1 is 1.35 bits per heavy atom. The van der Waals surface area contributed by atoms with Crippen LogP contribution in [-0.4, -0.2) is 12.0 Å². The van der Waals surface area contributed by atoms with E-state index in [-0.39, 0.29) is 0 Å². The van der Waals surface area contributed by atoms with Crippen molar-refractivity contribution in [2.24, 2.45) is 0 Å². The van der Waals surface area contributed by atoms with Crippen LogP contribution in [0.15, 0.2) is 34.9 Å². The van der Waals surface area contributed by atoms with Gasteiger partial charge in [-0.15, -0.1) is 11.6 Å². The second-order valence-electron chi connectivity index (χ2n) is 4.01. The van der Waals surface area contributed by atoms with Gasteiger partial charge in [0.2, 0.25) is 0 Å². The Hall–Kier alpha value is -1.48. The molecule has 0 N–H and O–H groups in total. The predicted molar refractivity (Wildman–Crippen MR) is 69.3 cm³/mol. The molecule has 0 atom stereocenters. The lowest BCUT2D eigenvalue weighted by Gasteiger charge is -2.18. The van der Waals surface area contributed by atoms with Crippen LogP contribution in [0.25, 0.3) is 0 Å². The first-order valence-corrected chi connectivity index (χ1v) is 6.00. The van der Waals surface area contributed by atoms with Crippen molar-refractivity contribution in [3.05, 3.63) is 47.7 Å². The average molecular weight is 251 g/mol. The number of aryl methyl sites for hydroxylation is 1. The van der Waals surface area contributed by atoms with E-state index in [4.69, 9.17) is 16.0 Å². The molecular formula is C13H15ClN2O. The molecule has 0 unspecified atom stereocenters. The van der Waals surface area contributed by atoms with Crippen LogP contribution in [0.1, 0.15) is 17.2 Å². The van der Waals surface area contributed by atoms with Crippen molar-refractivity contribution in [3.63, 3.8) is 0 Å². The van der Waals surface area contributed by atoms with Gasteiger partial charge in [-0.1, -0.05) is 0 Å². The molecule has 0 aliphatic rings. The number of nitrogens with zero attached hydrogens (tertiary/aromatic N) is 2. The fourth-order valence-corrected chi connectivity index (χ4v) is 1.82. The van der Waals surface area contributed by atoms with Crippen molar-refractivity contribution >= 4 is 17.3 Å². The Balaban J connectivity index is 2.11. The van der Waals surface area contributed by atoms with E-state index in [0.717, 1.165) is 29.4 Å². The van der Waals surface area contributed by atoms with Gasteiger partial charge in [-0.3, -0.25) is 4.98 Å². The molecule has 2 aromatic heterocycles. The molecule has 0 aromatic carbocycles. The molecular weight excluding hydrogens is 236 g/mol. The number of pyridine rings is 1. The standard InChI is InChI=1S/C13H15ClN2O/c1-10-3-4-13(17-10)9-16(2)12-5-6-15-11(7-12)8-14/h3-7H,8-9H2,1-2H3. The monoisotopic (exact) mass is 250 g/mol. The highest BCUT2D eigenvalue weighted by Crippen LogP contribution is 2.17. The molecule has 17 heavy (non-hydrogen) atoms. The van der Waals surface area contributed by atoms with Crippen LogP contribution >= 0.6 is 11.6 Å². The van der Waals surface area contributed by atoms with Crippen molar-refractivity contribution in [3.8, 4) is 0 Å². The highest BCUT2D eigenvalue weighted by Gasteiger charge is 2.06. The third kappa shape index (κ3) is 3.01. The Morgan fingerprint density at radius 2 is 2.18 bits per heavy atom. The van der Waals surface area contributed by atoms with E-state index in [0.29, 0.717) is 5.88 Å². The zero-order valence-electron chi connectivity index (χ0n) is 9.98. The van der Waals surface area contributed by atoms with E-state index in [2.05, 4.69) is 9.88 Å². The van der Waals surface area contributed by atoms with Gasteiger partial charge in [-0.25, -0.2) is 0 Å². The Bertz CT molecular complexity index is 496. The van der Waals surface area contributed by atoms with Gasteiger partial charge in [-0.05, 0) is 31.2 Å². The summed E-state index contributed by atoms with van der Waals surface area (Å²) in [5, 5.41) is 0. The van der Waals surface area contributed by atoms with E-state index in [9.17, 15) is 0 Å². The third-order valence-electron chi connectivity index (χ3n) is 2.57. The summed E-state index contributed by atoms with van der Waals surface area (Å²) in [7, 11) is 2.02. The summed E-state index contributed by atoms with van der Waals surface area (Å²) in [6, 6.07) is 7.92. The van der Waals surface area contributed by atoms with E-state index >= 15 is 0 Å². The SMILES string of the molecule is Cc1ccc(CN(C)c2ccnc(CCl)c2)o1. The normalized spacial score (nSPS) is 10.5. The molecule has 0 spiro atoms. The zero-order chi connectivity index (χ0) is 12.3. The minimum absolute atomic E-state index is 0.432. The van der Waals surface area contributed by atoms with Crippen LogP contribution < -0.4 is 4.90 Å². The predicted octanol–water partition coefficient (Wildman–Crippen LogP) is 3.36. The van der Waals surface area contributed by atoms with Gasteiger partial charge < -0.3 is 9.32 Å². The van der Waals surface area contributed by atoms with Crippen LogP contribution in [0.4, 0.5) is 5.69 Å². The molecule has 4 heteroatoms. The van der Waals surface area contributed by atoms with Crippen LogP contribution in [0.5, 0.6) is 0 Å². The number of furan rings is 1. The molecule has 0 amide bonds. The molecule has 0 fully saturated rings. The quantitative estimate of drug-likeness (QED) is 0.780. The van der Waals surface area contributed by atoms with Crippen molar-refractivity contribution in [1.29, 1.82) is 0 Å². The summed E-state index contributed by atoms with van der Waals surface area (Å²) in [5.74, 6) is 2.32. The highest BCUT2D eigenvalue weighted by molar-refractivity contribution is 6.16. The first-order chi connectivity index (χ1) is 8.19. The lowest BCUT2D eigenvalue weighted by molar-refractivity contribution is 0.482. The van der Waals surface area contributed by atoms with Gasteiger partial charge in [0, 0.05) is 18.9 Å². The molecule has 0 aliphatic heterocycles. The van der Waals surface area contributed by atoms with Crippen molar-refractivity contribution < 1.29 is 4.42 Å². The highest BCUT2D eigenvalue weighted by atomic mass is 35.5. The molecule has 0 saturated carbocycles.